The first-order chi connectivity index (χ1) is 17.0. The van der Waals surface area contributed by atoms with Crippen molar-refractivity contribution in [3.8, 4) is 0 Å². The number of unbranched alkanes of at least 4 members (excludes halogenated alkanes) is 6. The third-order valence-electron chi connectivity index (χ3n) is 7.15. The minimum absolute atomic E-state index is 0.205. The Morgan fingerprint density at radius 3 is 1.22 bits per heavy atom. The second kappa shape index (κ2) is 12.5. The minimum Gasteiger partial charge on any atom is -0.338 e. The average Bonchev–Trinajstić information content (AvgIpc) is 2.80. The molecule has 1 heterocycles. The van der Waals surface area contributed by atoms with Crippen LogP contribution in [0.25, 0.3) is 0 Å². The highest BCUT2D eigenvalue weighted by molar-refractivity contribution is 5.93. The van der Waals surface area contributed by atoms with E-state index >= 15 is 0 Å². The smallest absolute Gasteiger partial charge is 0.0655 e. The van der Waals surface area contributed by atoms with Gasteiger partial charge in [0, 0.05) is 13.1 Å². The van der Waals surface area contributed by atoms with E-state index in [2.05, 4.69) is 102 Å². The van der Waals surface area contributed by atoms with Crippen molar-refractivity contribution >= 4 is 22.7 Å². The van der Waals surface area contributed by atoms with Crippen LogP contribution in [0.4, 0.5) is 22.7 Å². The number of rotatable bonds is 12. The third kappa shape index (κ3) is 8.02. The highest BCUT2D eigenvalue weighted by atomic mass is 15.3. The maximum Gasteiger partial charge on any atom is 0.0655 e. The van der Waals surface area contributed by atoms with Crippen LogP contribution in [-0.4, -0.2) is 13.1 Å². The third-order valence-corrected chi connectivity index (χ3v) is 7.15. The van der Waals surface area contributed by atoms with Crippen molar-refractivity contribution in [3.63, 3.8) is 0 Å². The van der Waals surface area contributed by atoms with E-state index in [1.807, 2.05) is 0 Å². The van der Waals surface area contributed by atoms with E-state index in [0.717, 1.165) is 13.1 Å². The lowest BCUT2D eigenvalue weighted by atomic mass is 9.91. The molecule has 3 rings (SSSR count). The maximum absolute atomic E-state index is 2.63. The summed E-state index contributed by atoms with van der Waals surface area (Å²) in [6, 6.07) is 14.6. The van der Waals surface area contributed by atoms with Gasteiger partial charge in [0.1, 0.15) is 0 Å². The standard InChI is InChI=1S/C34H54N2/c1-9-11-13-15-17-27-19-21-29-31(23-27)35(25-33(3,4)5)30-22-20-28(18-16-14-12-10-2)24-32(30)36(29)26-34(6,7)8/h19-24H,9-18,25-26H2,1-8H3. The molecule has 0 radical (unpaired) electrons. The summed E-state index contributed by atoms with van der Waals surface area (Å²) in [5.74, 6) is 0. The van der Waals surface area contributed by atoms with Crippen LogP contribution in [-0.2, 0) is 12.8 Å². The molecule has 0 saturated carbocycles. The van der Waals surface area contributed by atoms with Gasteiger partial charge >= 0.3 is 0 Å². The molecule has 2 aromatic rings. The van der Waals surface area contributed by atoms with Crippen molar-refractivity contribution in [2.45, 2.75) is 120 Å². The molecule has 36 heavy (non-hydrogen) atoms. The number of anilines is 4. The van der Waals surface area contributed by atoms with Crippen LogP contribution in [0.1, 0.15) is 118 Å². The van der Waals surface area contributed by atoms with Crippen molar-refractivity contribution in [1.82, 2.24) is 0 Å². The molecule has 1 aliphatic rings. The Morgan fingerprint density at radius 1 is 0.500 bits per heavy atom. The van der Waals surface area contributed by atoms with Crippen LogP contribution in [0.2, 0.25) is 0 Å². The summed E-state index contributed by atoms with van der Waals surface area (Å²) in [6.07, 6.45) is 12.9. The molecule has 0 aliphatic carbocycles. The lowest BCUT2D eigenvalue weighted by Crippen LogP contribution is -2.37. The van der Waals surface area contributed by atoms with Crippen molar-refractivity contribution in [3.05, 3.63) is 47.5 Å². The lowest BCUT2D eigenvalue weighted by molar-refractivity contribution is 0.417. The minimum atomic E-state index is 0.205. The van der Waals surface area contributed by atoms with Crippen LogP contribution < -0.4 is 9.80 Å². The molecular formula is C34H54N2. The fourth-order valence-electron chi connectivity index (χ4n) is 5.40. The van der Waals surface area contributed by atoms with Gasteiger partial charge in [0.05, 0.1) is 22.7 Å². The first kappa shape index (κ1) is 28.6. The molecule has 0 atom stereocenters. The summed E-state index contributed by atoms with van der Waals surface area (Å²) in [7, 11) is 0. The molecule has 0 N–H and O–H groups in total. The van der Waals surface area contributed by atoms with Crippen molar-refractivity contribution in [1.29, 1.82) is 0 Å². The van der Waals surface area contributed by atoms with Gasteiger partial charge in [0.15, 0.2) is 0 Å². The van der Waals surface area contributed by atoms with Crippen molar-refractivity contribution < 1.29 is 0 Å². The fraction of sp³-hybridized carbons (Fsp3) is 0.647. The molecule has 0 spiro atoms. The second-order valence-corrected chi connectivity index (χ2v) is 13.6. The number of benzene rings is 2. The van der Waals surface area contributed by atoms with Crippen LogP contribution >= 0.6 is 0 Å². The largest absolute Gasteiger partial charge is 0.338 e. The molecule has 0 amide bonds. The number of hydrogen-bond acceptors (Lipinski definition) is 2. The molecule has 1 aliphatic heterocycles. The summed E-state index contributed by atoms with van der Waals surface area (Å²) in [4.78, 5) is 5.25. The number of hydrogen-bond donors (Lipinski definition) is 0. The molecule has 0 fully saturated rings. The summed E-state index contributed by atoms with van der Waals surface area (Å²) in [5, 5.41) is 0. The Kier molecular flexibility index (Phi) is 9.95. The van der Waals surface area contributed by atoms with E-state index in [0.29, 0.717) is 0 Å². The average molecular weight is 491 g/mol. The zero-order valence-corrected chi connectivity index (χ0v) is 24.8. The van der Waals surface area contributed by atoms with Crippen LogP contribution in [0.3, 0.4) is 0 Å². The predicted octanol–water partition coefficient (Wildman–Crippen LogP) is 10.6. The van der Waals surface area contributed by atoms with Gasteiger partial charge in [0.25, 0.3) is 0 Å². The molecule has 2 aromatic carbocycles. The summed E-state index contributed by atoms with van der Waals surface area (Å²) < 4.78 is 0. The van der Waals surface area contributed by atoms with Gasteiger partial charge in [0.2, 0.25) is 0 Å². The SMILES string of the molecule is CCCCCCc1ccc2c(c1)N(CC(C)(C)C)c1ccc(CCCCCC)cc1N2CC(C)(C)C. The van der Waals surface area contributed by atoms with Crippen molar-refractivity contribution in [2.24, 2.45) is 10.8 Å². The molecule has 0 bridgehead atoms. The summed E-state index contributed by atoms with van der Waals surface area (Å²) >= 11 is 0. The molecule has 0 unspecified atom stereocenters. The van der Waals surface area contributed by atoms with Gasteiger partial charge in [-0.05, 0) is 71.9 Å². The van der Waals surface area contributed by atoms with Gasteiger partial charge in [-0.25, -0.2) is 0 Å². The predicted molar refractivity (Wildman–Crippen MR) is 161 cm³/mol. The Labute approximate surface area is 223 Å². The van der Waals surface area contributed by atoms with E-state index in [-0.39, 0.29) is 10.8 Å². The number of aryl methyl sites for hydroxylation is 2. The van der Waals surface area contributed by atoms with Crippen LogP contribution in [0, 0.1) is 10.8 Å². The highest BCUT2D eigenvalue weighted by Gasteiger charge is 2.33. The van der Waals surface area contributed by atoms with Crippen LogP contribution in [0.5, 0.6) is 0 Å². The molecule has 0 aromatic heterocycles. The van der Waals surface area contributed by atoms with E-state index in [1.54, 1.807) is 0 Å². The normalized spacial score (nSPS) is 13.7. The lowest BCUT2D eigenvalue weighted by Gasteiger charge is -2.44. The van der Waals surface area contributed by atoms with Gasteiger partial charge in [-0.3, -0.25) is 0 Å². The summed E-state index contributed by atoms with van der Waals surface area (Å²) in [5.41, 5.74) is 8.92. The highest BCUT2D eigenvalue weighted by Crippen LogP contribution is 2.50. The topological polar surface area (TPSA) is 6.48 Å². The second-order valence-electron chi connectivity index (χ2n) is 13.6. The zero-order chi connectivity index (χ0) is 26.3. The van der Waals surface area contributed by atoms with E-state index < -0.39 is 0 Å². The molecule has 0 saturated heterocycles. The van der Waals surface area contributed by atoms with Gasteiger partial charge in [-0.2, -0.15) is 0 Å². The molecular weight excluding hydrogens is 436 g/mol. The zero-order valence-electron chi connectivity index (χ0n) is 24.8. The van der Waals surface area contributed by atoms with Crippen molar-refractivity contribution in [2.75, 3.05) is 22.9 Å². The van der Waals surface area contributed by atoms with Gasteiger partial charge in [-0.15, -0.1) is 0 Å². The summed E-state index contributed by atoms with van der Waals surface area (Å²) in [6.45, 7) is 20.8. The van der Waals surface area contributed by atoms with Crippen LogP contribution in [0.15, 0.2) is 36.4 Å². The molecule has 200 valence electrons. The van der Waals surface area contributed by atoms with E-state index in [9.17, 15) is 0 Å². The monoisotopic (exact) mass is 490 g/mol. The Morgan fingerprint density at radius 2 is 0.889 bits per heavy atom. The first-order valence-electron chi connectivity index (χ1n) is 14.8. The van der Waals surface area contributed by atoms with Gasteiger partial charge < -0.3 is 9.80 Å². The Bertz CT molecular complexity index is 881. The molecule has 2 nitrogen and oxygen atoms in total. The Hall–Kier alpha value is -1.96. The first-order valence-corrected chi connectivity index (χ1v) is 14.8. The van der Waals surface area contributed by atoms with E-state index in [4.69, 9.17) is 0 Å². The number of fused-ring (bicyclic) bond motifs is 2. The van der Waals surface area contributed by atoms with E-state index in [1.165, 1.54) is 98.1 Å². The Balaban J connectivity index is 2.04. The molecule has 2 heteroatoms. The quantitative estimate of drug-likeness (QED) is 0.273. The number of nitrogens with zero attached hydrogens (tertiary/aromatic N) is 2. The maximum atomic E-state index is 2.63. The van der Waals surface area contributed by atoms with Gasteiger partial charge in [-0.1, -0.05) is 106 Å². The fourth-order valence-corrected chi connectivity index (χ4v) is 5.40.